The zero-order valence-corrected chi connectivity index (χ0v) is 9.68. The average molecular weight is 237 g/mol. The highest BCUT2D eigenvalue weighted by molar-refractivity contribution is 5.91. The van der Waals surface area contributed by atoms with E-state index in [4.69, 9.17) is 9.52 Å². The maximum absolute atomic E-state index is 12.0. The van der Waals surface area contributed by atoms with Crippen LogP contribution in [0.25, 0.3) is 0 Å². The van der Waals surface area contributed by atoms with E-state index < -0.39 is 5.97 Å². The SMILES string of the molecule is Cc1ccc(C(=O)N2CCC(C(=O)O)CC2)o1. The van der Waals surface area contributed by atoms with Crippen molar-refractivity contribution in [3.05, 3.63) is 23.7 Å². The Morgan fingerprint density at radius 2 is 2.00 bits per heavy atom. The van der Waals surface area contributed by atoms with Gasteiger partial charge in [0.25, 0.3) is 5.91 Å². The fourth-order valence-corrected chi connectivity index (χ4v) is 2.03. The van der Waals surface area contributed by atoms with Crippen molar-refractivity contribution in [1.82, 2.24) is 4.90 Å². The predicted molar refractivity (Wildman–Crippen MR) is 59.7 cm³/mol. The summed E-state index contributed by atoms with van der Waals surface area (Å²) in [6.07, 6.45) is 1.03. The van der Waals surface area contributed by atoms with Crippen molar-refractivity contribution >= 4 is 11.9 Å². The van der Waals surface area contributed by atoms with Crippen LogP contribution in [0.1, 0.15) is 29.2 Å². The maximum atomic E-state index is 12.0. The highest BCUT2D eigenvalue weighted by Gasteiger charge is 2.28. The van der Waals surface area contributed by atoms with Crippen molar-refractivity contribution in [2.45, 2.75) is 19.8 Å². The van der Waals surface area contributed by atoms with Crippen molar-refractivity contribution < 1.29 is 19.1 Å². The number of carboxylic acid groups (broad SMARTS) is 1. The zero-order valence-electron chi connectivity index (χ0n) is 9.68. The number of aliphatic carboxylic acids is 1. The lowest BCUT2D eigenvalue weighted by Gasteiger charge is -2.29. The van der Waals surface area contributed by atoms with Crippen LogP contribution in [-0.2, 0) is 4.79 Å². The molecule has 1 aliphatic rings. The molecule has 0 aromatic carbocycles. The fraction of sp³-hybridized carbons (Fsp3) is 0.500. The van der Waals surface area contributed by atoms with Gasteiger partial charge in [-0.15, -0.1) is 0 Å². The summed E-state index contributed by atoms with van der Waals surface area (Å²) in [6, 6.07) is 3.40. The molecule has 1 amide bonds. The molecule has 0 radical (unpaired) electrons. The summed E-state index contributed by atoms with van der Waals surface area (Å²) in [4.78, 5) is 24.4. The molecule has 1 aromatic heterocycles. The molecular weight excluding hydrogens is 222 g/mol. The Balaban J connectivity index is 1.97. The van der Waals surface area contributed by atoms with Gasteiger partial charge in [-0.2, -0.15) is 0 Å². The standard InChI is InChI=1S/C12H15NO4/c1-8-2-3-10(17-8)11(14)13-6-4-9(5-7-13)12(15)16/h2-3,9H,4-7H2,1H3,(H,15,16). The quantitative estimate of drug-likeness (QED) is 0.846. The molecule has 1 saturated heterocycles. The lowest BCUT2D eigenvalue weighted by Crippen LogP contribution is -2.40. The first kappa shape index (κ1) is 11.7. The summed E-state index contributed by atoms with van der Waals surface area (Å²) in [5.41, 5.74) is 0. The van der Waals surface area contributed by atoms with Crippen LogP contribution in [0.15, 0.2) is 16.5 Å². The summed E-state index contributed by atoms with van der Waals surface area (Å²) in [6.45, 7) is 2.75. The average Bonchev–Trinajstić information content (AvgIpc) is 2.75. The van der Waals surface area contributed by atoms with Crippen molar-refractivity contribution in [2.75, 3.05) is 13.1 Å². The number of furan rings is 1. The molecule has 0 unspecified atom stereocenters. The number of hydrogen-bond donors (Lipinski definition) is 1. The minimum atomic E-state index is -0.772. The Labute approximate surface area is 99.0 Å². The minimum Gasteiger partial charge on any atom is -0.481 e. The molecular formula is C12H15NO4. The van der Waals surface area contributed by atoms with Gasteiger partial charge in [0.05, 0.1) is 5.92 Å². The number of piperidine rings is 1. The zero-order chi connectivity index (χ0) is 12.4. The van der Waals surface area contributed by atoms with Crippen LogP contribution in [0.2, 0.25) is 0 Å². The van der Waals surface area contributed by atoms with E-state index in [0.29, 0.717) is 37.5 Å². The Hall–Kier alpha value is -1.78. The van der Waals surface area contributed by atoms with Gasteiger partial charge < -0.3 is 14.4 Å². The number of likely N-dealkylation sites (tertiary alicyclic amines) is 1. The molecule has 5 heteroatoms. The van der Waals surface area contributed by atoms with E-state index in [1.54, 1.807) is 24.0 Å². The summed E-state index contributed by atoms with van der Waals surface area (Å²) in [5, 5.41) is 8.86. The number of carbonyl (C=O) groups is 2. The van der Waals surface area contributed by atoms with Crippen molar-refractivity contribution in [3.63, 3.8) is 0 Å². The lowest BCUT2D eigenvalue weighted by molar-refractivity contribution is -0.143. The Morgan fingerprint density at radius 1 is 1.35 bits per heavy atom. The van der Waals surface area contributed by atoms with Gasteiger partial charge in [-0.05, 0) is 31.9 Å². The molecule has 1 N–H and O–H groups in total. The van der Waals surface area contributed by atoms with Crippen LogP contribution >= 0.6 is 0 Å². The number of nitrogens with zero attached hydrogens (tertiary/aromatic N) is 1. The third kappa shape index (κ3) is 2.49. The van der Waals surface area contributed by atoms with Crippen LogP contribution in [0, 0.1) is 12.8 Å². The first-order chi connectivity index (χ1) is 8.08. The first-order valence-electron chi connectivity index (χ1n) is 5.66. The minimum absolute atomic E-state index is 0.151. The molecule has 5 nitrogen and oxygen atoms in total. The molecule has 17 heavy (non-hydrogen) atoms. The number of carbonyl (C=O) groups excluding carboxylic acids is 1. The summed E-state index contributed by atoms with van der Waals surface area (Å²) in [5.74, 6) is -0.213. The largest absolute Gasteiger partial charge is 0.481 e. The highest BCUT2D eigenvalue weighted by Crippen LogP contribution is 2.19. The topological polar surface area (TPSA) is 70.8 Å². The van der Waals surface area contributed by atoms with Gasteiger partial charge in [0.1, 0.15) is 5.76 Å². The number of carboxylic acids is 1. The number of rotatable bonds is 2. The van der Waals surface area contributed by atoms with Crippen LogP contribution in [0.4, 0.5) is 0 Å². The molecule has 0 spiro atoms. The Morgan fingerprint density at radius 3 is 2.47 bits per heavy atom. The molecule has 92 valence electrons. The lowest BCUT2D eigenvalue weighted by atomic mass is 9.97. The molecule has 1 fully saturated rings. The van der Waals surface area contributed by atoms with Crippen molar-refractivity contribution in [2.24, 2.45) is 5.92 Å². The third-order valence-corrected chi connectivity index (χ3v) is 3.08. The van der Waals surface area contributed by atoms with Gasteiger partial charge in [0.15, 0.2) is 5.76 Å². The van der Waals surface area contributed by atoms with E-state index in [9.17, 15) is 9.59 Å². The number of hydrogen-bond acceptors (Lipinski definition) is 3. The van der Waals surface area contributed by atoms with Crippen LogP contribution < -0.4 is 0 Å². The monoisotopic (exact) mass is 237 g/mol. The molecule has 1 aromatic rings. The van der Waals surface area contributed by atoms with Gasteiger partial charge in [-0.3, -0.25) is 9.59 Å². The summed E-state index contributed by atoms with van der Waals surface area (Å²) >= 11 is 0. The van der Waals surface area contributed by atoms with Gasteiger partial charge >= 0.3 is 5.97 Å². The van der Waals surface area contributed by atoms with E-state index in [0.717, 1.165) is 0 Å². The second kappa shape index (κ2) is 4.61. The van der Waals surface area contributed by atoms with Crippen LogP contribution in [-0.4, -0.2) is 35.0 Å². The second-order valence-corrected chi connectivity index (χ2v) is 4.32. The van der Waals surface area contributed by atoms with E-state index in [2.05, 4.69) is 0 Å². The van der Waals surface area contributed by atoms with Crippen molar-refractivity contribution in [1.29, 1.82) is 0 Å². The number of amides is 1. The molecule has 0 atom stereocenters. The molecule has 2 rings (SSSR count). The van der Waals surface area contributed by atoms with Gasteiger partial charge in [-0.1, -0.05) is 0 Å². The third-order valence-electron chi connectivity index (χ3n) is 3.08. The van der Waals surface area contributed by atoms with Crippen molar-refractivity contribution in [3.8, 4) is 0 Å². The van der Waals surface area contributed by atoms with E-state index in [-0.39, 0.29) is 11.8 Å². The first-order valence-corrected chi connectivity index (χ1v) is 5.66. The normalized spacial score (nSPS) is 17.1. The predicted octanol–water partition coefficient (Wildman–Crippen LogP) is 1.52. The molecule has 2 heterocycles. The highest BCUT2D eigenvalue weighted by atomic mass is 16.4. The number of aryl methyl sites for hydroxylation is 1. The van der Waals surface area contributed by atoms with Crippen LogP contribution in [0.5, 0.6) is 0 Å². The Kier molecular flexibility index (Phi) is 3.17. The molecule has 0 bridgehead atoms. The summed E-state index contributed by atoms with van der Waals surface area (Å²) in [7, 11) is 0. The van der Waals surface area contributed by atoms with Gasteiger partial charge in [0.2, 0.25) is 0 Å². The molecule has 1 aliphatic heterocycles. The second-order valence-electron chi connectivity index (χ2n) is 4.32. The molecule has 0 saturated carbocycles. The Bertz CT molecular complexity index is 429. The smallest absolute Gasteiger partial charge is 0.306 e. The fourth-order valence-electron chi connectivity index (χ4n) is 2.03. The van der Waals surface area contributed by atoms with E-state index in [1.807, 2.05) is 0 Å². The maximum Gasteiger partial charge on any atom is 0.306 e. The molecule has 0 aliphatic carbocycles. The van der Waals surface area contributed by atoms with Gasteiger partial charge in [-0.25, -0.2) is 0 Å². The van der Waals surface area contributed by atoms with Gasteiger partial charge in [0, 0.05) is 13.1 Å². The summed E-state index contributed by atoms with van der Waals surface area (Å²) < 4.78 is 5.27. The van der Waals surface area contributed by atoms with E-state index in [1.165, 1.54) is 0 Å². The van der Waals surface area contributed by atoms with Crippen LogP contribution in [0.3, 0.4) is 0 Å². The van der Waals surface area contributed by atoms with E-state index >= 15 is 0 Å².